The van der Waals surface area contributed by atoms with Gasteiger partial charge in [-0.05, 0) is 24.3 Å². The number of nitrogens with zero attached hydrogens (tertiary/aromatic N) is 6. The van der Waals surface area contributed by atoms with Gasteiger partial charge in [-0.15, -0.1) is 0 Å². The lowest BCUT2D eigenvalue weighted by Crippen LogP contribution is -2.51. The molecule has 10 heteroatoms. The monoisotopic (exact) mass is 383 g/mol. The topological polar surface area (TPSA) is 119 Å². The van der Waals surface area contributed by atoms with Crippen LogP contribution in [-0.4, -0.2) is 22.4 Å². The summed E-state index contributed by atoms with van der Waals surface area (Å²) >= 11 is 0. The first-order chi connectivity index (χ1) is 13.1. The molecule has 0 aromatic heterocycles. The highest BCUT2D eigenvalue weighted by Gasteiger charge is 2.30. The van der Waals surface area contributed by atoms with Crippen LogP contribution in [-0.2, 0) is 0 Å². The highest BCUT2D eigenvalue weighted by atomic mass is 16.6. The van der Waals surface area contributed by atoms with E-state index in [0.29, 0.717) is 17.2 Å². The average molecular weight is 383 g/mol. The van der Waals surface area contributed by atoms with Gasteiger partial charge in [-0.25, -0.2) is 10.0 Å². The fraction of sp³-hybridized carbons (Fsp3) is 0.278. The largest absolute Gasteiger partial charge is 0.269 e. The van der Waals surface area contributed by atoms with E-state index in [0.717, 1.165) is 0 Å². The van der Waals surface area contributed by atoms with Crippen LogP contribution in [0.3, 0.4) is 0 Å². The van der Waals surface area contributed by atoms with E-state index in [1.165, 1.54) is 24.3 Å². The number of hydrogen-bond donors (Lipinski definition) is 0. The molecule has 3 rings (SSSR count). The van der Waals surface area contributed by atoms with Crippen LogP contribution in [0.4, 0.5) is 22.7 Å². The smallest absolute Gasteiger partial charge is 0.258 e. The standard InChI is InChI=1S/C18H19N6O4/c1-18(2,3)17-19-21(13-4-8-15(9-5-13)23(25)26)12-22(20-17)14-6-10-16(11-7-14)24(27)28/h4-11H,12H2,1-3H3. The van der Waals surface area contributed by atoms with E-state index >= 15 is 0 Å². The molecule has 2 aromatic carbocycles. The number of amidine groups is 1. The Morgan fingerprint density at radius 3 is 1.64 bits per heavy atom. The van der Waals surface area contributed by atoms with Gasteiger partial charge < -0.3 is 0 Å². The van der Waals surface area contributed by atoms with Gasteiger partial charge in [-0.3, -0.25) is 20.2 Å². The molecule has 0 saturated carbocycles. The minimum atomic E-state index is -0.456. The lowest BCUT2D eigenvalue weighted by atomic mass is 9.95. The minimum Gasteiger partial charge on any atom is -0.258 e. The van der Waals surface area contributed by atoms with Gasteiger partial charge in [0.15, 0.2) is 5.84 Å². The van der Waals surface area contributed by atoms with Gasteiger partial charge >= 0.3 is 0 Å². The molecule has 0 spiro atoms. The van der Waals surface area contributed by atoms with Gasteiger partial charge in [-0.2, -0.15) is 10.5 Å². The number of nitro groups is 2. The van der Waals surface area contributed by atoms with Crippen LogP contribution in [0.15, 0.2) is 53.6 Å². The van der Waals surface area contributed by atoms with Crippen molar-refractivity contribution in [3.8, 4) is 0 Å². The van der Waals surface area contributed by atoms with Crippen LogP contribution >= 0.6 is 0 Å². The molecule has 1 aliphatic heterocycles. The summed E-state index contributed by atoms with van der Waals surface area (Å²) < 4.78 is 0. The molecule has 145 valence electrons. The molecule has 0 bridgehead atoms. The SMILES string of the molecule is CC(C)(C)C1=NN(c2ccc([N+](=O)[O-])cc2)CN(c2ccc([N+](=O)[O-])cc2)[N]1. The Morgan fingerprint density at radius 1 is 0.821 bits per heavy atom. The number of hydrogen-bond acceptors (Lipinski definition) is 7. The zero-order valence-corrected chi connectivity index (χ0v) is 15.6. The third-order valence-corrected chi connectivity index (χ3v) is 4.09. The van der Waals surface area contributed by atoms with Gasteiger partial charge in [0, 0.05) is 29.7 Å². The number of hydrazone groups is 1. The van der Waals surface area contributed by atoms with Gasteiger partial charge in [0.25, 0.3) is 11.4 Å². The van der Waals surface area contributed by atoms with Gasteiger partial charge in [0.1, 0.15) is 6.67 Å². The number of anilines is 2. The Labute approximate surface area is 161 Å². The van der Waals surface area contributed by atoms with Crippen molar-refractivity contribution in [1.29, 1.82) is 0 Å². The Morgan fingerprint density at radius 2 is 1.25 bits per heavy atom. The van der Waals surface area contributed by atoms with Crippen molar-refractivity contribution in [3.05, 3.63) is 68.8 Å². The van der Waals surface area contributed by atoms with Crippen LogP contribution in [0.25, 0.3) is 0 Å². The lowest BCUT2D eigenvalue weighted by Gasteiger charge is -2.37. The quantitative estimate of drug-likeness (QED) is 0.587. The van der Waals surface area contributed by atoms with E-state index in [1.54, 1.807) is 34.3 Å². The highest BCUT2D eigenvalue weighted by molar-refractivity contribution is 5.90. The van der Waals surface area contributed by atoms with Gasteiger partial charge in [0.2, 0.25) is 0 Å². The van der Waals surface area contributed by atoms with Crippen molar-refractivity contribution in [2.24, 2.45) is 10.5 Å². The van der Waals surface area contributed by atoms with Crippen LogP contribution < -0.4 is 15.4 Å². The van der Waals surface area contributed by atoms with Crippen molar-refractivity contribution >= 4 is 28.6 Å². The number of benzene rings is 2. The number of rotatable bonds is 4. The first kappa shape index (κ1) is 19.1. The Bertz CT molecular complexity index is 919. The van der Waals surface area contributed by atoms with Crippen LogP contribution in [0.1, 0.15) is 20.8 Å². The van der Waals surface area contributed by atoms with Crippen LogP contribution in [0.5, 0.6) is 0 Å². The molecule has 10 nitrogen and oxygen atoms in total. The summed E-state index contributed by atoms with van der Waals surface area (Å²) in [4.78, 5) is 20.8. The third kappa shape index (κ3) is 4.00. The summed E-state index contributed by atoms with van der Waals surface area (Å²) in [5.74, 6) is 0.565. The molecule has 1 aliphatic rings. The van der Waals surface area contributed by atoms with Gasteiger partial charge in [0.05, 0.1) is 21.2 Å². The fourth-order valence-corrected chi connectivity index (χ4v) is 2.51. The summed E-state index contributed by atoms with van der Waals surface area (Å²) in [6.07, 6.45) is 0. The lowest BCUT2D eigenvalue weighted by molar-refractivity contribution is -0.385. The molecule has 0 saturated heterocycles. The molecule has 0 fully saturated rings. The molecule has 0 aliphatic carbocycles. The summed E-state index contributed by atoms with van der Waals surface area (Å²) in [5.41, 5.74) is 5.58. The molecule has 0 amide bonds. The minimum absolute atomic E-state index is 0.00213. The maximum absolute atomic E-state index is 10.9. The van der Waals surface area contributed by atoms with E-state index < -0.39 is 9.85 Å². The molecule has 2 aromatic rings. The van der Waals surface area contributed by atoms with Crippen molar-refractivity contribution in [3.63, 3.8) is 0 Å². The highest BCUT2D eigenvalue weighted by Crippen LogP contribution is 2.28. The summed E-state index contributed by atoms with van der Waals surface area (Å²) in [7, 11) is 0. The Balaban J connectivity index is 1.93. The van der Waals surface area contributed by atoms with Crippen LogP contribution in [0.2, 0.25) is 0 Å². The van der Waals surface area contributed by atoms with E-state index in [2.05, 4.69) is 10.5 Å². The second kappa shape index (κ2) is 7.14. The van der Waals surface area contributed by atoms with Crippen molar-refractivity contribution < 1.29 is 9.85 Å². The zero-order valence-electron chi connectivity index (χ0n) is 15.6. The molecule has 1 heterocycles. The first-order valence-corrected chi connectivity index (χ1v) is 8.50. The Kier molecular flexibility index (Phi) is 4.87. The number of nitro benzene ring substituents is 2. The van der Waals surface area contributed by atoms with E-state index in [9.17, 15) is 20.2 Å². The Hall–Kier alpha value is -3.69. The van der Waals surface area contributed by atoms with Gasteiger partial charge in [-0.1, -0.05) is 20.8 Å². The number of non-ortho nitro benzene ring substituents is 2. The second-order valence-electron chi connectivity index (χ2n) is 7.26. The first-order valence-electron chi connectivity index (χ1n) is 8.50. The molecule has 1 radical (unpaired) electrons. The van der Waals surface area contributed by atoms with Crippen molar-refractivity contribution in [2.45, 2.75) is 20.8 Å². The van der Waals surface area contributed by atoms with Crippen molar-refractivity contribution in [1.82, 2.24) is 5.43 Å². The maximum Gasteiger partial charge on any atom is 0.269 e. The summed E-state index contributed by atoms with van der Waals surface area (Å²) in [5, 5.41) is 29.7. The molecular formula is C18H19N6O4. The van der Waals surface area contributed by atoms with E-state index in [1.807, 2.05) is 20.8 Å². The molecule has 0 atom stereocenters. The average Bonchev–Trinajstić information content (AvgIpc) is 2.67. The fourth-order valence-electron chi connectivity index (χ4n) is 2.51. The molecule has 0 unspecified atom stereocenters. The van der Waals surface area contributed by atoms with E-state index in [4.69, 9.17) is 0 Å². The summed E-state index contributed by atoms with van der Waals surface area (Å²) in [6, 6.07) is 12.2. The normalized spacial score (nSPS) is 14.3. The zero-order chi connectivity index (χ0) is 20.5. The predicted octanol–water partition coefficient (Wildman–Crippen LogP) is 3.67. The van der Waals surface area contributed by atoms with Crippen molar-refractivity contribution in [2.75, 3.05) is 16.7 Å². The second-order valence-corrected chi connectivity index (χ2v) is 7.26. The van der Waals surface area contributed by atoms with E-state index in [-0.39, 0.29) is 23.5 Å². The molecule has 28 heavy (non-hydrogen) atoms. The predicted molar refractivity (Wildman–Crippen MR) is 105 cm³/mol. The molecular weight excluding hydrogens is 364 g/mol. The maximum atomic E-state index is 10.9. The molecule has 0 N–H and O–H groups in total. The van der Waals surface area contributed by atoms with Crippen LogP contribution in [0, 0.1) is 25.6 Å². The third-order valence-electron chi connectivity index (χ3n) is 4.09. The summed E-state index contributed by atoms with van der Waals surface area (Å²) in [6.45, 7) is 6.18.